The standard InChI is InChI=1S/C17H21IN6OS/c1-23(2)7-4-8-24-16-14(15(19)20-10-21-16)22-17(24)26-13-9-11(25-3)5-6-12(13)18/h5-6,9-10H,4,7-8H2,1-3H3,(H2,19,20,21). The smallest absolute Gasteiger partial charge is 0.175 e. The van der Waals surface area contributed by atoms with Crippen molar-refractivity contribution in [1.82, 2.24) is 24.4 Å². The number of rotatable bonds is 7. The lowest BCUT2D eigenvalue weighted by atomic mass is 10.3. The minimum absolute atomic E-state index is 0.406. The summed E-state index contributed by atoms with van der Waals surface area (Å²) in [5.74, 6) is 1.23. The molecule has 3 rings (SSSR count). The number of hydrogen-bond acceptors (Lipinski definition) is 7. The van der Waals surface area contributed by atoms with Crippen molar-refractivity contribution in [2.24, 2.45) is 0 Å². The van der Waals surface area contributed by atoms with Crippen molar-refractivity contribution >= 4 is 51.3 Å². The Morgan fingerprint density at radius 2 is 2.12 bits per heavy atom. The summed E-state index contributed by atoms with van der Waals surface area (Å²) in [7, 11) is 5.81. The van der Waals surface area contributed by atoms with Gasteiger partial charge in [-0.25, -0.2) is 15.0 Å². The van der Waals surface area contributed by atoms with Crippen LogP contribution in [0.2, 0.25) is 0 Å². The van der Waals surface area contributed by atoms with Crippen molar-refractivity contribution in [3.8, 4) is 5.75 Å². The number of benzene rings is 1. The van der Waals surface area contributed by atoms with Gasteiger partial charge in [-0.15, -0.1) is 0 Å². The maximum atomic E-state index is 6.02. The lowest BCUT2D eigenvalue weighted by Crippen LogP contribution is -2.15. The third-order valence-electron chi connectivity index (χ3n) is 3.85. The molecule has 0 atom stereocenters. The number of anilines is 1. The number of nitrogens with zero attached hydrogens (tertiary/aromatic N) is 5. The van der Waals surface area contributed by atoms with Crippen LogP contribution in [0.15, 0.2) is 34.6 Å². The molecule has 1 aromatic carbocycles. The van der Waals surface area contributed by atoms with Crippen molar-refractivity contribution in [2.45, 2.75) is 23.0 Å². The van der Waals surface area contributed by atoms with Gasteiger partial charge in [0.2, 0.25) is 0 Å². The Kier molecular flexibility index (Phi) is 6.20. The fraction of sp³-hybridized carbons (Fsp3) is 0.353. The van der Waals surface area contributed by atoms with E-state index in [9.17, 15) is 0 Å². The van der Waals surface area contributed by atoms with Gasteiger partial charge in [-0.05, 0) is 67.9 Å². The van der Waals surface area contributed by atoms with Crippen LogP contribution in [-0.2, 0) is 6.54 Å². The van der Waals surface area contributed by atoms with Gasteiger partial charge >= 0.3 is 0 Å². The van der Waals surface area contributed by atoms with Gasteiger partial charge in [0, 0.05) is 15.0 Å². The first-order valence-electron chi connectivity index (χ1n) is 8.12. The van der Waals surface area contributed by atoms with Gasteiger partial charge in [0.15, 0.2) is 22.1 Å². The Labute approximate surface area is 170 Å². The lowest BCUT2D eigenvalue weighted by Gasteiger charge is -2.12. The number of aromatic nitrogens is 4. The second-order valence-electron chi connectivity index (χ2n) is 6.03. The molecule has 0 aliphatic rings. The summed E-state index contributed by atoms with van der Waals surface area (Å²) >= 11 is 3.91. The van der Waals surface area contributed by atoms with E-state index in [-0.39, 0.29) is 0 Å². The molecule has 0 radical (unpaired) electrons. The number of imidazole rings is 1. The largest absolute Gasteiger partial charge is 0.497 e. The Hall–Kier alpha value is -1.59. The molecular formula is C17H21IN6OS. The number of aryl methyl sites for hydroxylation is 1. The second-order valence-corrected chi connectivity index (χ2v) is 8.20. The van der Waals surface area contributed by atoms with E-state index in [0.717, 1.165) is 44.5 Å². The first-order chi connectivity index (χ1) is 12.5. The average Bonchev–Trinajstić information content (AvgIpc) is 2.96. The van der Waals surface area contributed by atoms with Crippen LogP contribution >= 0.6 is 34.4 Å². The predicted molar refractivity (Wildman–Crippen MR) is 113 cm³/mol. The maximum absolute atomic E-state index is 6.02. The summed E-state index contributed by atoms with van der Waals surface area (Å²) in [6.45, 7) is 1.80. The zero-order valence-corrected chi connectivity index (χ0v) is 17.9. The van der Waals surface area contributed by atoms with Crippen molar-refractivity contribution in [3.63, 3.8) is 0 Å². The summed E-state index contributed by atoms with van der Waals surface area (Å²) in [4.78, 5) is 16.5. The number of halogens is 1. The summed E-state index contributed by atoms with van der Waals surface area (Å²) in [6.07, 6.45) is 2.48. The summed E-state index contributed by atoms with van der Waals surface area (Å²) in [6, 6.07) is 6.01. The Morgan fingerprint density at radius 1 is 1.31 bits per heavy atom. The molecule has 0 saturated carbocycles. The fourth-order valence-electron chi connectivity index (χ4n) is 2.55. The van der Waals surface area contributed by atoms with Gasteiger partial charge in [-0.3, -0.25) is 0 Å². The highest BCUT2D eigenvalue weighted by Crippen LogP contribution is 2.35. The topological polar surface area (TPSA) is 82.1 Å². The Balaban J connectivity index is 2.00. The number of fused-ring (bicyclic) bond motifs is 1. The highest BCUT2D eigenvalue weighted by molar-refractivity contribution is 14.1. The minimum Gasteiger partial charge on any atom is -0.497 e. The van der Waals surface area contributed by atoms with Gasteiger partial charge in [0.1, 0.15) is 12.1 Å². The number of hydrogen-bond donors (Lipinski definition) is 1. The fourth-order valence-corrected chi connectivity index (χ4v) is 4.17. The van der Waals surface area contributed by atoms with E-state index in [1.165, 1.54) is 6.33 Å². The monoisotopic (exact) mass is 484 g/mol. The molecule has 0 bridgehead atoms. The number of nitrogens with two attached hydrogens (primary N) is 1. The van der Waals surface area contributed by atoms with Crippen molar-refractivity contribution < 1.29 is 4.74 Å². The van der Waals surface area contributed by atoms with Crippen LogP contribution in [-0.4, -0.2) is 52.2 Å². The van der Waals surface area contributed by atoms with Crippen LogP contribution < -0.4 is 10.5 Å². The van der Waals surface area contributed by atoms with Gasteiger partial charge in [0.05, 0.1) is 7.11 Å². The molecule has 2 N–H and O–H groups in total. The summed E-state index contributed by atoms with van der Waals surface area (Å²) in [5, 5.41) is 0.858. The minimum atomic E-state index is 0.406. The first kappa shape index (κ1) is 19.2. The molecule has 0 aliphatic carbocycles. The van der Waals surface area contributed by atoms with Gasteiger partial charge in [-0.1, -0.05) is 11.8 Å². The number of methoxy groups -OCH3 is 1. The Bertz CT molecular complexity index is 914. The predicted octanol–water partition coefficient (Wildman–Crippen LogP) is 3.12. The summed E-state index contributed by atoms with van der Waals surface area (Å²) < 4.78 is 8.62. The molecule has 26 heavy (non-hydrogen) atoms. The molecule has 0 fully saturated rings. The van der Waals surface area contributed by atoms with Crippen molar-refractivity contribution in [3.05, 3.63) is 28.1 Å². The highest BCUT2D eigenvalue weighted by Gasteiger charge is 2.17. The van der Waals surface area contributed by atoms with Crippen LogP contribution in [0.1, 0.15) is 6.42 Å². The van der Waals surface area contributed by atoms with Gasteiger partial charge < -0.3 is 19.9 Å². The normalized spacial score (nSPS) is 11.4. The van der Waals surface area contributed by atoms with E-state index in [4.69, 9.17) is 15.5 Å². The van der Waals surface area contributed by atoms with Crippen molar-refractivity contribution in [1.29, 1.82) is 0 Å². The molecule has 0 spiro atoms. The summed E-state index contributed by atoms with van der Waals surface area (Å²) in [5.41, 5.74) is 7.44. The third-order valence-corrected chi connectivity index (χ3v) is 6.21. The van der Waals surface area contributed by atoms with E-state index in [2.05, 4.69) is 56.1 Å². The zero-order valence-electron chi connectivity index (χ0n) is 14.9. The van der Waals surface area contributed by atoms with E-state index < -0.39 is 0 Å². The molecule has 0 aliphatic heterocycles. The molecule has 0 saturated heterocycles. The van der Waals surface area contributed by atoms with Crippen molar-refractivity contribution in [2.75, 3.05) is 33.5 Å². The van der Waals surface area contributed by atoms with Crippen LogP contribution in [0.25, 0.3) is 11.2 Å². The Morgan fingerprint density at radius 3 is 2.85 bits per heavy atom. The van der Waals surface area contributed by atoms with Gasteiger partial charge in [-0.2, -0.15) is 0 Å². The molecule has 2 heterocycles. The zero-order chi connectivity index (χ0) is 18.7. The molecule has 0 amide bonds. The van der Waals surface area contributed by atoms with Gasteiger partial charge in [0.25, 0.3) is 0 Å². The number of nitrogen functional groups attached to an aromatic ring is 1. The van der Waals surface area contributed by atoms with Crippen LogP contribution in [0.4, 0.5) is 5.82 Å². The quantitative estimate of drug-likeness (QED) is 0.516. The average molecular weight is 484 g/mol. The first-order valence-corrected chi connectivity index (χ1v) is 10.0. The van der Waals surface area contributed by atoms with Crippen LogP contribution in [0.3, 0.4) is 0 Å². The molecule has 138 valence electrons. The van der Waals surface area contributed by atoms with E-state index in [0.29, 0.717) is 11.3 Å². The second kappa shape index (κ2) is 8.40. The third kappa shape index (κ3) is 4.21. The molecular weight excluding hydrogens is 463 g/mol. The molecule has 3 aromatic rings. The number of ether oxygens (including phenoxy) is 1. The molecule has 7 nitrogen and oxygen atoms in total. The van der Waals surface area contributed by atoms with Crippen LogP contribution in [0, 0.1) is 3.57 Å². The lowest BCUT2D eigenvalue weighted by molar-refractivity contribution is 0.384. The van der Waals surface area contributed by atoms with E-state index in [1.807, 2.05) is 18.2 Å². The van der Waals surface area contributed by atoms with Crippen LogP contribution in [0.5, 0.6) is 5.75 Å². The maximum Gasteiger partial charge on any atom is 0.175 e. The molecule has 0 unspecified atom stereocenters. The SMILES string of the molecule is COc1ccc(I)c(Sc2nc3c(N)ncnc3n2CCCN(C)C)c1. The molecule has 9 heteroatoms. The highest BCUT2D eigenvalue weighted by atomic mass is 127. The van der Waals surface area contributed by atoms with E-state index >= 15 is 0 Å². The van der Waals surface area contributed by atoms with E-state index in [1.54, 1.807) is 18.9 Å². The molecule has 2 aromatic heterocycles.